The molecule has 2 aromatic rings. The van der Waals surface area contributed by atoms with Crippen molar-refractivity contribution in [1.82, 2.24) is 14.8 Å². The SMILES string of the molecule is Cc1oc(-c2ccccc2)nc1CC(=O)N(C)CC1CCN(C[C@@H](C)O)CC1. The van der Waals surface area contributed by atoms with E-state index in [0.29, 0.717) is 23.3 Å². The number of hydrogen-bond acceptors (Lipinski definition) is 5. The maximum Gasteiger partial charge on any atom is 0.228 e. The lowest BCUT2D eigenvalue weighted by atomic mass is 9.96. The Morgan fingerprint density at radius 2 is 2.00 bits per heavy atom. The van der Waals surface area contributed by atoms with E-state index < -0.39 is 0 Å². The minimum absolute atomic E-state index is 0.0717. The highest BCUT2D eigenvalue weighted by Crippen LogP contribution is 2.22. The molecule has 28 heavy (non-hydrogen) atoms. The minimum atomic E-state index is -0.285. The van der Waals surface area contributed by atoms with E-state index in [4.69, 9.17) is 4.42 Å². The van der Waals surface area contributed by atoms with Crippen LogP contribution in [0, 0.1) is 12.8 Å². The number of aromatic nitrogens is 1. The van der Waals surface area contributed by atoms with E-state index >= 15 is 0 Å². The van der Waals surface area contributed by atoms with Crippen LogP contribution in [0.3, 0.4) is 0 Å². The number of aliphatic hydroxyl groups excluding tert-OH is 1. The Kier molecular flexibility index (Phi) is 6.86. The standard InChI is InChI=1S/C22H31N3O3/c1-16(26)14-25-11-9-18(10-12-25)15-24(3)21(27)13-20-17(2)28-22(23-20)19-7-5-4-6-8-19/h4-8,16,18,26H,9-15H2,1-3H3/t16-/m1/s1. The average molecular weight is 386 g/mol. The van der Waals surface area contributed by atoms with Crippen LogP contribution in [0.4, 0.5) is 0 Å². The summed E-state index contributed by atoms with van der Waals surface area (Å²) in [5.74, 6) is 1.85. The van der Waals surface area contributed by atoms with Crippen molar-refractivity contribution >= 4 is 5.91 Å². The Labute approximate surface area is 167 Å². The van der Waals surface area contributed by atoms with Gasteiger partial charge in [0.15, 0.2) is 0 Å². The van der Waals surface area contributed by atoms with Crippen molar-refractivity contribution in [2.24, 2.45) is 5.92 Å². The molecule has 0 radical (unpaired) electrons. The van der Waals surface area contributed by atoms with Gasteiger partial charge in [0.1, 0.15) is 5.76 Å². The molecule has 3 rings (SSSR count). The van der Waals surface area contributed by atoms with Crippen LogP contribution in [0.2, 0.25) is 0 Å². The molecule has 0 aliphatic carbocycles. The molecule has 152 valence electrons. The molecule has 1 aliphatic heterocycles. The highest BCUT2D eigenvalue weighted by atomic mass is 16.4. The maximum absolute atomic E-state index is 12.7. The van der Waals surface area contributed by atoms with Gasteiger partial charge in [-0.05, 0) is 57.8 Å². The second kappa shape index (κ2) is 9.34. The number of oxazole rings is 1. The number of likely N-dealkylation sites (N-methyl/N-ethyl adjacent to an activating group) is 1. The number of carbonyl (C=O) groups is 1. The van der Waals surface area contributed by atoms with E-state index in [1.807, 2.05) is 56.1 Å². The summed E-state index contributed by atoms with van der Waals surface area (Å²) in [7, 11) is 1.87. The van der Waals surface area contributed by atoms with Crippen LogP contribution in [0.25, 0.3) is 11.5 Å². The normalized spacial score (nSPS) is 16.9. The van der Waals surface area contributed by atoms with Gasteiger partial charge < -0.3 is 19.3 Å². The molecule has 1 fully saturated rings. The topological polar surface area (TPSA) is 69.8 Å². The number of likely N-dealkylation sites (tertiary alicyclic amines) is 1. The van der Waals surface area contributed by atoms with Crippen LogP contribution in [0.1, 0.15) is 31.2 Å². The van der Waals surface area contributed by atoms with Crippen LogP contribution < -0.4 is 0 Å². The van der Waals surface area contributed by atoms with E-state index in [1.54, 1.807) is 0 Å². The second-order valence-corrected chi connectivity index (χ2v) is 7.93. The molecule has 1 saturated heterocycles. The summed E-state index contributed by atoms with van der Waals surface area (Å²) in [5.41, 5.74) is 1.63. The summed E-state index contributed by atoms with van der Waals surface area (Å²) in [6.07, 6.45) is 2.10. The Bertz CT molecular complexity index is 765. The van der Waals surface area contributed by atoms with Gasteiger partial charge >= 0.3 is 0 Å². The third-order valence-corrected chi connectivity index (χ3v) is 5.42. The van der Waals surface area contributed by atoms with Gasteiger partial charge in [0.2, 0.25) is 11.8 Å². The highest BCUT2D eigenvalue weighted by Gasteiger charge is 2.23. The van der Waals surface area contributed by atoms with Crippen LogP contribution >= 0.6 is 0 Å². The number of benzene rings is 1. The number of aliphatic hydroxyl groups is 1. The third-order valence-electron chi connectivity index (χ3n) is 5.42. The van der Waals surface area contributed by atoms with Crippen molar-refractivity contribution < 1.29 is 14.3 Å². The monoisotopic (exact) mass is 385 g/mol. The van der Waals surface area contributed by atoms with Gasteiger partial charge in [0, 0.05) is 25.7 Å². The smallest absolute Gasteiger partial charge is 0.228 e. The lowest BCUT2D eigenvalue weighted by molar-refractivity contribution is -0.130. The third kappa shape index (κ3) is 5.42. The lowest BCUT2D eigenvalue weighted by Gasteiger charge is -2.34. The zero-order chi connectivity index (χ0) is 20.1. The molecule has 6 nitrogen and oxygen atoms in total. The molecule has 6 heteroatoms. The second-order valence-electron chi connectivity index (χ2n) is 7.93. The Morgan fingerprint density at radius 3 is 2.64 bits per heavy atom. The number of aryl methyl sites for hydroxylation is 1. The first-order valence-corrected chi connectivity index (χ1v) is 10.1. The minimum Gasteiger partial charge on any atom is -0.441 e. The fourth-order valence-electron chi connectivity index (χ4n) is 3.79. The van der Waals surface area contributed by atoms with Gasteiger partial charge in [-0.15, -0.1) is 0 Å². The predicted octanol–water partition coefficient (Wildman–Crippen LogP) is 2.74. The quantitative estimate of drug-likeness (QED) is 0.794. The number of carbonyl (C=O) groups excluding carboxylic acids is 1. The molecular formula is C22H31N3O3. The molecule has 1 aromatic carbocycles. The van der Waals surface area contributed by atoms with Crippen LogP contribution in [0.15, 0.2) is 34.7 Å². The Balaban J connectivity index is 1.52. The zero-order valence-electron chi connectivity index (χ0n) is 17.1. The van der Waals surface area contributed by atoms with Crippen molar-refractivity contribution in [2.45, 2.75) is 39.2 Å². The summed E-state index contributed by atoms with van der Waals surface area (Å²) in [5, 5.41) is 9.52. The van der Waals surface area contributed by atoms with Gasteiger partial charge in [-0.3, -0.25) is 4.79 Å². The van der Waals surface area contributed by atoms with E-state index in [2.05, 4.69) is 9.88 Å². The van der Waals surface area contributed by atoms with Crippen molar-refractivity contribution in [1.29, 1.82) is 0 Å². The maximum atomic E-state index is 12.7. The van der Waals surface area contributed by atoms with E-state index in [9.17, 15) is 9.90 Å². The molecular weight excluding hydrogens is 354 g/mol. The summed E-state index contributed by atoms with van der Waals surface area (Å²) >= 11 is 0. The zero-order valence-corrected chi connectivity index (χ0v) is 17.1. The first-order valence-electron chi connectivity index (χ1n) is 10.1. The first kappa shape index (κ1) is 20.6. The van der Waals surface area contributed by atoms with Gasteiger partial charge in [0.25, 0.3) is 0 Å². The van der Waals surface area contributed by atoms with Gasteiger partial charge in [-0.1, -0.05) is 18.2 Å². The molecule has 1 atom stereocenters. The molecule has 1 aromatic heterocycles. The van der Waals surface area contributed by atoms with Gasteiger partial charge in [0.05, 0.1) is 18.2 Å². The number of amides is 1. The summed E-state index contributed by atoms with van der Waals surface area (Å²) in [6.45, 7) is 7.16. The Hall–Kier alpha value is -2.18. The number of β-amino-alcohol motifs (C(OH)–C–C–N with tert-alkyl or cyclic N) is 1. The fraction of sp³-hybridized carbons (Fsp3) is 0.545. The van der Waals surface area contributed by atoms with Crippen LogP contribution in [0.5, 0.6) is 0 Å². The summed E-state index contributed by atoms with van der Waals surface area (Å²) in [4.78, 5) is 21.4. The van der Waals surface area contributed by atoms with Gasteiger partial charge in [-0.25, -0.2) is 4.98 Å². The van der Waals surface area contributed by atoms with Gasteiger partial charge in [-0.2, -0.15) is 0 Å². The molecule has 1 amide bonds. The highest BCUT2D eigenvalue weighted by molar-refractivity contribution is 5.78. The lowest BCUT2D eigenvalue weighted by Crippen LogP contribution is -2.41. The number of piperidine rings is 1. The van der Waals surface area contributed by atoms with Crippen molar-refractivity contribution in [3.63, 3.8) is 0 Å². The summed E-state index contributed by atoms with van der Waals surface area (Å²) in [6, 6.07) is 9.74. The number of rotatable bonds is 7. The first-order chi connectivity index (χ1) is 13.4. The number of hydrogen-bond donors (Lipinski definition) is 1. The predicted molar refractivity (Wildman–Crippen MR) is 109 cm³/mol. The summed E-state index contributed by atoms with van der Waals surface area (Å²) < 4.78 is 5.77. The molecule has 2 heterocycles. The molecule has 0 unspecified atom stereocenters. The van der Waals surface area contributed by atoms with Crippen molar-refractivity contribution in [2.75, 3.05) is 33.2 Å². The van der Waals surface area contributed by atoms with Crippen molar-refractivity contribution in [3.05, 3.63) is 41.8 Å². The van der Waals surface area contributed by atoms with Crippen LogP contribution in [-0.2, 0) is 11.2 Å². The average Bonchev–Trinajstić information content (AvgIpc) is 3.04. The fourth-order valence-corrected chi connectivity index (χ4v) is 3.79. The largest absolute Gasteiger partial charge is 0.441 e. The van der Waals surface area contributed by atoms with Crippen molar-refractivity contribution in [3.8, 4) is 11.5 Å². The van der Waals surface area contributed by atoms with E-state index in [0.717, 1.165) is 44.6 Å². The number of nitrogens with zero attached hydrogens (tertiary/aromatic N) is 3. The molecule has 0 bridgehead atoms. The molecule has 0 spiro atoms. The Morgan fingerprint density at radius 1 is 1.32 bits per heavy atom. The molecule has 0 saturated carbocycles. The van der Waals surface area contributed by atoms with Crippen LogP contribution in [-0.4, -0.2) is 65.1 Å². The molecule has 1 aliphatic rings. The van der Waals surface area contributed by atoms with E-state index in [-0.39, 0.29) is 18.4 Å². The van der Waals surface area contributed by atoms with E-state index in [1.165, 1.54) is 0 Å². The molecule has 1 N–H and O–H groups in total.